The van der Waals surface area contributed by atoms with Gasteiger partial charge in [-0.2, -0.15) is 0 Å². The minimum atomic E-state index is -0.286. The number of amides is 2. The molecule has 6 heteroatoms. The molecule has 0 saturated carbocycles. The maximum Gasteiger partial charge on any atom is 0.305 e. The molecule has 0 aliphatic heterocycles. The SMILES string of the molecule is CCCCNC(=O)c1cccc(NC(=O)CCCC(=O)OCCCc2ccccc2)c1. The van der Waals surface area contributed by atoms with Crippen molar-refractivity contribution >= 4 is 23.5 Å². The van der Waals surface area contributed by atoms with Crippen LogP contribution in [0, 0.1) is 0 Å². The second-order valence-electron chi connectivity index (χ2n) is 7.40. The minimum absolute atomic E-state index is 0.153. The van der Waals surface area contributed by atoms with Crippen molar-refractivity contribution in [1.82, 2.24) is 5.32 Å². The number of hydrogen-bond acceptors (Lipinski definition) is 4. The zero-order valence-corrected chi connectivity index (χ0v) is 18.2. The van der Waals surface area contributed by atoms with Crippen LogP contribution in [0.25, 0.3) is 0 Å². The summed E-state index contributed by atoms with van der Waals surface area (Å²) in [6.45, 7) is 3.08. The van der Waals surface area contributed by atoms with Crippen LogP contribution in [-0.2, 0) is 20.7 Å². The maximum atomic E-state index is 12.1. The summed E-state index contributed by atoms with van der Waals surface area (Å²) in [5.74, 6) is -0.633. The molecule has 0 aromatic heterocycles. The molecule has 6 nitrogen and oxygen atoms in total. The van der Waals surface area contributed by atoms with Gasteiger partial charge in [-0.05, 0) is 49.4 Å². The quantitative estimate of drug-likeness (QED) is 0.366. The van der Waals surface area contributed by atoms with Crippen molar-refractivity contribution in [3.63, 3.8) is 0 Å². The van der Waals surface area contributed by atoms with Crippen molar-refractivity contribution in [1.29, 1.82) is 0 Å². The van der Waals surface area contributed by atoms with Crippen molar-refractivity contribution in [2.45, 2.75) is 51.9 Å². The van der Waals surface area contributed by atoms with Crippen molar-refractivity contribution in [3.05, 3.63) is 65.7 Å². The lowest BCUT2D eigenvalue weighted by Crippen LogP contribution is -2.24. The summed E-state index contributed by atoms with van der Waals surface area (Å²) < 4.78 is 5.23. The topological polar surface area (TPSA) is 84.5 Å². The number of nitrogens with one attached hydrogen (secondary N) is 2. The highest BCUT2D eigenvalue weighted by Crippen LogP contribution is 2.12. The molecule has 0 heterocycles. The Bertz CT molecular complexity index is 836. The zero-order valence-electron chi connectivity index (χ0n) is 18.2. The molecular formula is C25H32N2O4. The number of anilines is 1. The predicted molar refractivity (Wildman–Crippen MR) is 122 cm³/mol. The number of rotatable bonds is 13. The first-order valence-corrected chi connectivity index (χ1v) is 11.0. The van der Waals surface area contributed by atoms with Crippen LogP contribution in [0.1, 0.15) is 61.4 Å². The summed E-state index contributed by atoms with van der Waals surface area (Å²) in [5.41, 5.74) is 2.29. The van der Waals surface area contributed by atoms with E-state index in [1.807, 2.05) is 18.2 Å². The van der Waals surface area contributed by atoms with E-state index in [-0.39, 0.29) is 30.6 Å². The average Bonchev–Trinajstić information content (AvgIpc) is 2.78. The van der Waals surface area contributed by atoms with E-state index in [1.54, 1.807) is 24.3 Å². The Labute approximate surface area is 184 Å². The minimum Gasteiger partial charge on any atom is -0.466 e. The van der Waals surface area contributed by atoms with Gasteiger partial charge in [0.1, 0.15) is 0 Å². The van der Waals surface area contributed by atoms with Crippen LogP contribution >= 0.6 is 0 Å². The van der Waals surface area contributed by atoms with Crippen LogP contribution in [-0.4, -0.2) is 30.9 Å². The van der Waals surface area contributed by atoms with Gasteiger partial charge in [0.15, 0.2) is 0 Å². The van der Waals surface area contributed by atoms with Crippen molar-refractivity contribution in [2.24, 2.45) is 0 Å². The summed E-state index contributed by atoms with van der Waals surface area (Å²) in [6, 6.07) is 16.9. The molecule has 0 aliphatic rings. The van der Waals surface area contributed by atoms with E-state index >= 15 is 0 Å². The van der Waals surface area contributed by atoms with Gasteiger partial charge < -0.3 is 15.4 Å². The summed E-state index contributed by atoms with van der Waals surface area (Å²) >= 11 is 0. The van der Waals surface area contributed by atoms with Crippen molar-refractivity contribution in [2.75, 3.05) is 18.5 Å². The molecule has 2 N–H and O–H groups in total. The Morgan fingerprint density at radius 2 is 1.71 bits per heavy atom. The molecule has 0 aliphatic carbocycles. The fourth-order valence-corrected chi connectivity index (χ4v) is 3.01. The molecule has 0 fully saturated rings. The van der Waals surface area contributed by atoms with Gasteiger partial charge in [0, 0.05) is 30.6 Å². The molecule has 0 saturated heterocycles. The van der Waals surface area contributed by atoms with E-state index in [0.717, 1.165) is 25.7 Å². The van der Waals surface area contributed by atoms with Crippen molar-refractivity contribution < 1.29 is 19.1 Å². The Morgan fingerprint density at radius 3 is 2.48 bits per heavy atom. The van der Waals surface area contributed by atoms with E-state index in [1.165, 1.54) is 5.56 Å². The van der Waals surface area contributed by atoms with Gasteiger partial charge in [0.05, 0.1) is 6.61 Å². The number of ether oxygens (including phenoxy) is 1. The number of benzene rings is 2. The van der Waals surface area contributed by atoms with Gasteiger partial charge in [0.2, 0.25) is 5.91 Å². The lowest BCUT2D eigenvalue weighted by molar-refractivity contribution is -0.143. The first kappa shape index (κ1) is 24.1. The average molecular weight is 425 g/mol. The second kappa shape index (κ2) is 14.0. The second-order valence-corrected chi connectivity index (χ2v) is 7.40. The third-order valence-corrected chi connectivity index (χ3v) is 4.72. The Kier molecular flexibility index (Phi) is 10.9. The molecule has 0 spiro atoms. The van der Waals surface area contributed by atoms with Crippen LogP contribution in [0.15, 0.2) is 54.6 Å². The van der Waals surface area contributed by atoms with E-state index < -0.39 is 0 Å². The number of aryl methyl sites for hydroxylation is 1. The van der Waals surface area contributed by atoms with Crippen LogP contribution in [0.5, 0.6) is 0 Å². The van der Waals surface area contributed by atoms with Crippen LogP contribution in [0.2, 0.25) is 0 Å². The molecule has 2 rings (SSSR count). The third-order valence-electron chi connectivity index (χ3n) is 4.72. The smallest absolute Gasteiger partial charge is 0.305 e. The fraction of sp³-hybridized carbons (Fsp3) is 0.400. The summed E-state index contributed by atoms with van der Waals surface area (Å²) in [4.78, 5) is 36.1. The number of carbonyl (C=O) groups is 3. The Morgan fingerprint density at radius 1 is 0.903 bits per heavy atom. The number of unbranched alkanes of at least 4 members (excludes halogenated alkanes) is 1. The maximum absolute atomic E-state index is 12.1. The lowest BCUT2D eigenvalue weighted by atomic mass is 10.1. The van der Waals surface area contributed by atoms with E-state index in [0.29, 0.717) is 30.8 Å². The summed E-state index contributed by atoms with van der Waals surface area (Å²) in [6.07, 6.45) is 4.42. The van der Waals surface area contributed by atoms with Gasteiger partial charge in [0.25, 0.3) is 5.91 Å². The first-order chi connectivity index (χ1) is 15.1. The largest absolute Gasteiger partial charge is 0.466 e. The Hall–Kier alpha value is -3.15. The van der Waals surface area contributed by atoms with E-state index in [2.05, 4.69) is 29.7 Å². The number of carbonyl (C=O) groups excluding carboxylic acids is 3. The molecule has 0 radical (unpaired) electrons. The fourth-order valence-electron chi connectivity index (χ4n) is 3.01. The molecule has 0 unspecified atom stereocenters. The van der Waals surface area contributed by atoms with E-state index in [9.17, 15) is 14.4 Å². The molecule has 2 aromatic carbocycles. The summed E-state index contributed by atoms with van der Waals surface area (Å²) in [5, 5.41) is 5.63. The lowest BCUT2D eigenvalue weighted by Gasteiger charge is -2.08. The van der Waals surface area contributed by atoms with Gasteiger partial charge in [-0.15, -0.1) is 0 Å². The third kappa shape index (κ3) is 9.94. The molecule has 0 bridgehead atoms. The van der Waals surface area contributed by atoms with Gasteiger partial charge in [-0.3, -0.25) is 14.4 Å². The van der Waals surface area contributed by atoms with Crippen LogP contribution in [0.3, 0.4) is 0 Å². The molecular weight excluding hydrogens is 392 g/mol. The number of hydrogen-bond donors (Lipinski definition) is 2. The molecule has 2 aromatic rings. The Balaban J connectivity index is 1.62. The van der Waals surface area contributed by atoms with E-state index in [4.69, 9.17) is 4.74 Å². The standard InChI is InChI=1S/C25H32N2O4/c1-2-3-17-26-25(30)21-13-7-14-22(19-21)27-23(28)15-8-16-24(29)31-18-9-12-20-10-5-4-6-11-20/h4-7,10-11,13-14,19H,2-3,8-9,12,15-18H2,1H3,(H,26,30)(H,27,28). The van der Waals surface area contributed by atoms with Crippen LogP contribution in [0.4, 0.5) is 5.69 Å². The highest BCUT2D eigenvalue weighted by atomic mass is 16.5. The van der Waals surface area contributed by atoms with Gasteiger partial charge in [-0.1, -0.05) is 49.7 Å². The normalized spacial score (nSPS) is 10.4. The van der Waals surface area contributed by atoms with Gasteiger partial charge in [-0.25, -0.2) is 0 Å². The molecule has 2 amide bonds. The van der Waals surface area contributed by atoms with Crippen molar-refractivity contribution in [3.8, 4) is 0 Å². The highest BCUT2D eigenvalue weighted by molar-refractivity contribution is 5.97. The highest BCUT2D eigenvalue weighted by Gasteiger charge is 2.09. The predicted octanol–water partition coefficient (Wildman–Crippen LogP) is 4.50. The molecule has 0 atom stereocenters. The van der Waals surface area contributed by atoms with Crippen LogP contribution < -0.4 is 10.6 Å². The zero-order chi connectivity index (χ0) is 22.3. The monoisotopic (exact) mass is 424 g/mol. The molecule has 166 valence electrons. The first-order valence-electron chi connectivity index (χ1n) is 11.0. The molecule has 31 heavy (non-hydrogen) atoms. The number of esters is 1. The summed E-state index contributed by atoms with van der Waals surface area (Å²) in [7, 11) is 0. The van der Waals surface area contributed by atoms with Gasteiger partial charge >= 0.3 is 5.97 Å².